The lowest BCUT2D eigenvalue weighted by Crippen LogP contribution is -2.41. The van der Waals surface area contributed by atoms with E-state index in [1.165, 1.54) is 0 Å². The van der Waals surface area contributed by atoms with E-state index in [-0.39, 0.29) is 12.5 Å². The number of anilines is 1. The highest BCUT2D eigenvalue weighted by molar-refractivity contribution is 7.92. The number of ether oxygens (including phenoxy) is 1. The monoisotopic (exact) mass is 342 g/mol. The number of nitrogens with one attached hydrogen (secondary N) is 1. The third kappa shape index (κ3) is 6.58. The van der Waals surface area contributed by atoms with Gasteiger partial charge in [0.2, 0.25) is 15.9 Å². The van der Waals surface area contributed by atoms with Gasteiger partial charge in [0.05, 0.1) is 11.9 Å². The van der Waals surface area contributed by atoms with Crippen LogP contribution >= 0.6 is 0 Å². The molecule has 1 aromatic carbocycles. The molecule has 0 radical (unpaired) electrons. The Hall–Kier alpha value is -1.60. The first-order valence-electron chi connectivity index (χ1n) is 7.65. The Kier molecular flexibility index (Phi) is 7.51. The number of carbonyl (C=O) groups excluding carboxylic acids is 1. The van der Waals surface area contributed by atoms with Gasteiger partial charge >= 0.3 is 0 Å². The van der Waals surface area contributed by atoms with Gasteiger partial charge in [-0.3, -0.25) is 9.10 Å². The number of hydrogen-bond acceptors (Lipinski definition) is 4. The molecule has 0 spiro atoms. The summed E-state index contributed by atoms with van der Waals surface area (Å²) < 4.78 is 30.4. The largest absolute Gasteiger partial charge is 0.382 e. The second kappa shape index (κ2) is 8.88. The van der Waals surface area contributed by atoms with Gasteiger partial charge in [0.15, 0.2) is 0 Å². The molecule has 23 heavy (non-hydrogen) atoms. The highest BCUT2D eigenvalue weighted by Gasteiger charge is 2.22. The number of benzene rings is 1. The molecule has 0 unspecified atom stereocenters. The maximum absolute atomic E-state index is 12.0. The highest BCUT2D eigenvalue weighted by Crippen LogP contribution is 2.23. The number of amides is 1. The lowest BCUT2D eigenvalue weighted by atomic mass is 10.1. The molecule has 0 aliphatic rings. The van der Waals surface area contributed by atoms with Crippen molar-refractivity contribution in [1.82, 2.24) is 5.32 Å². The molecule has 0 aliphatic carbocycles. The lowest BCUT2D eigenvalue weighted by molar-refractivity contribution is -0.119. The fourth-order valence-electron chi connectivity index (χ4n) is 2.20. The van der Waals surface area contributed by atoms with Gasteiger partial charge in [0, 0.05) is 19.8 Å². The minimum Gasteiger partial charge on any atom is -0.382 e. The Morgan fingerprint density at radius 1 is 1.30 bits per heavy atom. The Morgan fingerprint density at radius 3 is 2.57 bits per heavy atom. The van der Waals surface area contributed by atoms with Gasteiger partial charge in [-0.05, 0) is 38.8 Å². The molecule has 1 amide bonds. The van der Waals surface area contributed by atoms with E-state index in [1.54, 1.807) is 6.07 Å². The molecular weight excluding hydrogens is 316 g/mol. The van der Waals surface area contributed by atoms with Crippen molar-refractivity contribution in [2.45, 2.75) is 27.2 Å². The minimum atomic E-state index is -3.54. The zero-order chi connectivity index (χ0) is 17.5. The van der Waals surface area contributed by atoms with Crippen LogP contribution in [0.4, 0.5) is 5.69 Å². The van der Waals surface area contributed by atoms with E-state index in [2.05, 4.69) is 5.32 Å². The quantitative estimate of drug-likeness (QED) is 0.692. The van der Waals surface area contributed by atoms with Crippen molar-refractivity contribution < 1.29 is 17.9 Å². The summed E-state index contributed by atoms with van der Waals surface area (Å²) in [5.74, 6) is -0.327. The fraction of sp³-hybridized carbons (Fsp3) is 0.562. The summed E-state index contributed by atoms with van der Waals surface area (Å²) in [6.45, 7) is 7.13. The molecule has 0 aromatic heterocycles. The summed E-state index contributed by atoms with van der Waals surface area (Å²) in [4.78, 5) is 12.0. The molecular formula is C16H26N2O4S. The Morgan fingerprint density at radius 2 is 2.00 bits per heavy atom. The van der Waals surface area contributed by atoms with Crippen LogP contribution in [0, 0.1) is 13.8 Å². The van der Waals surface area contributed by atoms with Gasteiger partial charge in [-0.15, -0.1) is 0 Å². The maximum Gasteiger partial charge on any atom is 0.240 e. The number of hydrogen-bond donors (Lipinski definition) is 1. The van der Waals surface area contributed by atoms with Crippen LogP contribution < -0.4 is 9.62 Å². The zero-order valence-corrected chi connectivity index (χ0v) is 15.1. The van der Waals surface area contributed by atoms with Crippen molar-refractivity contribution in [2.24, 2.45) is 0 Å². The van der Waals surface area contributed by atoms with Crippen LogP contribution in [0.3, 0.4) is 0 Å². The third-order valence-electron chi connectivity index (χ3n) is 3.30. The van der Waals surface area contributed by atoms with E-state index in [4.69, 9.17) is 4.74 Å². The maximum atomic E-state index is 12.0. The van der Waals surface area contributed by atoms with Gasteiger partial charge in [-0.1, -0.05) is 17.7 Å². The van der Waals surface area contributed by atoms with E-state index < -0.39 is 10.0 Å². The predicted octanol–water partition coefficient (Wildman–Crippen LogP) is 1.61. The molecule has 1 aromatic rings. The summed E-state index contributed by atoms with van der Waals surface area (Å²) in [5.41, 5.74) is 2.39. The van der Waals surface area contributed by atoms with Crippen LogP contribution in [0.1, 0.15) is 24.5 Å². The standard InChI is InChI=1S/C16H26N2O4S/c1-5-22-10-6-9-17-16(19)12-18(23(4,20)21)15-8-7-13(2)11-14(15)3/h7-8,11H,5-6,9-10,12H2,1-4H3,(H,17,19). The lowest BCUT2D eigenvalue weighted by Gasteiger charge is -2.24. The van der Waals surface area contributed by atoms with Gasteiger partial charge in [-0.25, -0.2) is 8.42 Å². The number of rotatable bonds is 9. The summed E-state index contributed by atoms with van der Waals surface area (Å²) in [6.07, 6.45) is 1.80. The van der Waals surface area contributed by atoms with Crippen molar-refractivity contribution in [2.75, 3.05) is 36.9 Å². The molecule has 0 fully saturated rings. The van der Waals surface area contributed by atoms with Crippen molar-refractivity contribution in [3.8, 4) is 0 Å². The van der Waals surface area contributed by atoms with Gasteiger partial charge in [0.25, 0.3) is 0 Å². The molecule has 1 N–H and O–H groups in total. The number of nitrogens with zero attached hydrogens (tertiary/aromatic N) is 1. The molecule has 0 saturated carbocycles. The molecule has 1 rings (SSSR count). The first-order chi connectivity index (χ1) is 10.8. The van der Waals surface area contributed by atoms with E-state index in [1.807, 2.05) is 32.9 Å². The fourth-order valence-corrected chi connectivity index (χ4v) is 3.11. The molecule has 0 bridgehead atoms. The molecule has 0 saturated heterocycles. The van der Waals surface area contributed by atoms with E-state index in [9.17, 15) is 13.2 Å². The first kappa shape index (κ1) is 19.4. The average Bonchev–Trinajstić information content (AvgIpc) is 2.44. The number of carbonyl (C=O) groups is 1. The SMILES string of the molecule is CCOCCCNC(=O)CN(c1ccc(C)cc1C)S(C)(=O)=O. The number of sulfonamides is 1. The van der Waals surface area contributed by atoms with Crippen molar-refractivity contribution in [3.05, 3.63) is 29.3 Å². The first-order valence-corrected chi connectivity index (χ1v) is 9.50. The minimum absolute atomic E-state index is 0.225. The van der Waals surface area contributed by atoms with Crippen LogP contribution in [0.25, 0.3) is 0 Å². The zero-order valence-electron chi connectivity index (χ0n) is 14.3. The summed E-state index contributed by atoms with van der Waals surface area (Å²) >= 11 is 0. The Labute approximate surface area is 138 Å². The van der Waals surface area contributed by atoms with Crippen molar-refractivity contribution in [3.63, 3.8) is 0 Å². The third-order valence-corrected chi connectivity index (χ3v) is 4.43. The van der Waals surface area contributed by atoms with Crippen LogP contribution in [-0.2, 0) is 19.6 Å². The number of aryl methyl sites for hydroxylation is 2. The molecule has 0 aliphatic heterocycles. The van der Waals surface area contributed by atoms with Crippen molar-refractivity contribution in [1.29, 1.82) is 0 Å². The summed E-state index contributed by atoms with van der Waals surface area (Å²) in [7, 11) is -3.54. The highest BCUT2D eigenvalue weighted by atomic mass is 32.2. The smallest absolute Gasteiger partial charge is 0.240 e. The molecule has 0 atom stereocenters. The van der Waals surface area contributed by atoms with Gasteiger partial charge in [-0.2, -0.15) is 0 Å². The normalized spacial score (nSPS) is 11.3. The summed E-state index contributed by atoms with van der Waals surface area (Å²) in [6, 6.07) is 5.46. The molecule has 130 valence electrons. The molecule has 0 heterocycles. The summed E-state index contributed by atoms with van der Waals surface area (Å²) in [5, 5.41) is 2.72. The average molecular weight is 342 g/mol. The second-order valence-electron chi connectivity index (χ2n) is 5.46. The van der Waals surface area contributed by atoms with Crippen LogP contribution in [-0.4, -0.2) is 46.9 Å². The van der Waals surface area contributed by atoms with Crippen LogP contribution in [0.15, 0.2) is 18.2 Å². The second-order valence-corrected chi connectivity index (χ2v) is 7.37. The van der Waals surface area contributed by atoms with E-state index in [0.717, 1.165) is 21.7 Å². The molecule has 7 heteroatoms. The topological polar surface area (TPSA) is 75.7 Å². The molecule has 6 nitrogen and oxygen atoms in total. The van der Waals surface area contributed by atoms with Gasteiger partial charge < -0.3 is 10.1 Å². The van der Waals surface area contributed by atoms with Gasteiger partial charge in [0.1, 0.15) is 6.54 Å². The van der Waals surface area contributed by atoms with Crippen LogP contribution in [0.5, 0.6) is 0 Å². The Balaban J connectivity index is 2.75. The predicted molar refractivity (Wildman–Crippen MR) is 92.2 cm³/mol. The van der Waals surface area contributed by atoms with E-state index in [0.29, 0.717) is 31.9 Å². The Bertz CT molecular complexity index is 629. The van der Waals surface area contributed by atoms with Crippen molar-refractivity contribution >= 4 is 21.6 Å². The van der Waals surface area contributed by atoms with E-state index >= 15 is 0 Å². The van der Waals surface area contributed by atoms with Crippen LogP contribution in [0.2, 0.25) is 0 Å².